The number of thioether (sulfide) groups is 1. The minimum atomic E-state index is -1.05. The molecule has 0 unspecified atom stereocenters. The molecule has 172 valence electrons. The fraction of sp³-hybridized carbons (Fsp3) is 0.370. The van der Waals surface area contributed by atoms with Crippen LogP contribution in [0, 0.1) is 28.6 Å². The van der Waals surface area contributed by atoms with Crippen molar-refractivity contribution in [3.63, 3.8) is 0 Å². The van der Waals surface area contributed by atoms with Gasteiger partial charge in [-0.15, -0.1) is 0 Å². The quantitative estimate of drug-likeness (QED) is 0.346. The molecule has 1 fully saturated rings. The van der Waals surface area contributed by atoms with Crippen molar-refractivity contribution in [3.05, 3.63) is 72.3 Å². The molecule has 1 aliphatic rings. The summed E-state index contributed by atoms with van der Waals surface area (Å²) in [5.41, 5.74) is 0.208. The number of rotatable bonds is 7. The molecule has 0 amide bonds. The van der Waals surface area contributed by atoms with Crippen LogP contribution in [0.15, 0.2) is 66.7 Å². The minimum Gasteiger partial charge on any atom is -0.457 e. The first-order valence-electron chi connectivity index (χ1n) is 10.9. The Hall–Kier alpha value is -3.04. The van der Waals surface area contributed by atoms with Gasteiger partial charge in [0.05, 0.1) is 5.92 Å². The molecule has 0 N–H and O–H groups in total. The number of carbonyl (C=O) groups excluding carboxylic acids is 2. The van der Waals surface area contributed by atoms with Crippen molar-refractivity contribution < 1.29 is 19.1 Å². The van der Waals surface area contributed by atoms with Gasteiger partial charge in [0.2, 0.25) is 11.2 Å². The predicted molar refractivity (Wildman–Crippen MR) is 130 cm³/mol. The van der Waals surface area contributed by atoms with Crippen molar-refractivity contribution in [1.82, 2.24) is 0 Å². The zero-order valence-electron chi connectivity index (χ0n) is 19.6. The Kier molecular flexibility index (Phi) is 7.34. The second kappa shape index (κ2) is 9.84. The fourth-order valence-corrected chi connectivity index (χ4v) is 4.48. The summed E-state index contributed by atoms with van der Waals surface area (Å²) in [7, 11) is 0. The van der Waals surface area contributed by atoms with Gasteiger partial charge in [0.15, 0.2) is 0 Å². The lowest BCUT2D eigenvalue weighted by Crippen LogP contribution is -2.14. The van der Waals surface area contributed by atoms with Crippen molar-refractivity contribution in [3.8, 4) is 17.6 Å². The molecule has 0 aliphatic heterocycles. The first-order chi connectivity index (χ1) is 15.5. The number of esters is 1. The van der Waals surface area contributed by atoms with E-state index in [-0.39, 0.29) is 21.2 Å². The number of hydrogen-bond acceptors (Lipinski definition) is 6. The topological polar surface area (TPSA) is 76.4 Å². The maximum atomic E-state index is 12.9. The number of benzene rings is 2. The van der Waals surface area contributed by atoms with Crippen LogP contribution >= 0.6 is 11.8 Å². The van der Waals surface area contributed by atoms with Crippen LogP contribution in [0.25, 0.3) is 0 Å². The molecule has 0 radical (unpaired) electrons. The van der Waals surface area contributed by atoms with Gasteiger partial charge in [-0.25, -0.2) is 0 Å². The van der Waals surface area contributed by atoms with Gasteiger partial charge in [-0.2, -0.15) is 5.26 Å². The average molecular weight is 464 g/mol. The highest BCUT2D eigenvalue weighted by molar-refractivity contribution is 8.15. The van der Waals surface area contributed by atoms with Gasteiger partial charge in [-0.3, -0.25) is 9.59 Å². The van der Waals surface area contributed by atoms with Crippen molar-refractivity contribution >= 4 is 22.8 Å². The summed E-state index contributed by atoms with van der Waals surface area (Å²) in [6, 6.07) is 18.4. The maximum Gasteiger partial charge on any atom is 0.311 e. The van der Waals surface area contributed by atoms with Gasteiger partial charge in [-0.05, 0) is 41.7 Å². The van der Waals surface area contributed by atoms with Crippen LogP contribution in [0.3, 0.4) is 0 Å². The van der Waals surface area contributed by atoms with E-state index in [1.807, 2.05) is 65.0 Å². The summed E-state index contributed by atoms with van der Waals surface area (Å²) in [5, 5.41) is 9.62. The number of para-hydroxylation sites is 1. The van der Waals surface area contributed by atoms with Gasteiger partial charge in [-0.1, -0.05) is 82.8 Å². The summed E-state index contributed by atoms with van der Waals surface area (Å²) in [5.74, 6) is 0.278. The van der Waals surface area contributed by atoms with Crippen molar-refractivity contribution in [1.29, 1.82) is 5.26 Å². The highest BCUT2D eigenvalue weighted by Gasteiger charge is 2.61. The Morgan fingerprint density at radius 1 is 1.09 bits per heavy atom. The fourth-order valence-electron chi connectivity index (χ4n) is 3.73. The summed E-state index contributed by atoms with van der Waals surface area (Å²) < 4.78 is 11.2. The van der Waals surface area contributed by atoms with Crippen molar-refractivity contribution in [2.24, 2.45) is 17.3 Å². The van der Waals surface area contributed by atoms with E-state index in [4.69, 9.17) is 9.47 Å². The molecule has 3 rings (SSSR count). The van der Waals surface area contributed by atoms with Crippen molar-refractivity contribution in [2.75, 3.05) is 0 Å². The third-order valence-corrected chi connectivity index (χ3v) is 6.45. The first-order valence-corrected chi connectivity index (χ1v) is 11.7. The average Bonchev–Trinajstić information content (AvgIpc) is 3.30. The Morgan fingerprint density at radius 2 is 1.76 bits per heavy atom. The number of carbonyl (C=O) groups is 2. The van der Waals surface area contributed by atoms with E-state index < -0.39 is 18.0 Å². The number of nitrogens with zero attached hydrogens (tertiary/aromatic N) is 1. The van der Waals surface area contributed by atoms with Gasteiger partial charge in [0, 0.05) is 10.3 Å². The van der Waals surface area contributed by atoms with Crippen LogP contribution in [0.4, 0.5) is 0 Å². The first kappa shape index (κ1) is 24.6. The van der Waals surface area contributed by atoms with E-state index in [2.05, 4.69) is 6.07 Å². The van der Waals surface area contributed by atoms with Crippen LogP contribution in [0.5, 0.6) is 11.5 Å². The molecule has 33 heavy (non-hydrogen) atoms. The predicted octanol–water partition coefficient (Wildman–Crippen LogP) is 6.47. The summed E-state index contributed by atoms with van der Waals surface area (Å²) in [4.78, 5) is 25.1. The Bertz CT molecular complexity index is 1080. The highest BCUT2D eigenvalue weighted by atomic mass is 32.2. The number of allylic oxidation sites excluding steroid dienone is 1. The zero-order chi connectivity index (χ0) is 24.2. The highest BCUT2D eigenvalue weighted by Crippen LogP contribution is 2.59. The molecule has 0 aromatic heterocycles. The summed E-state index contributed by atoms with van der Waals surface area (Å²) in [6.07, 6.45) is 2.29. The van der Waals surface area contributed by atoms with Crippen LogP contribution in [-0.2, 0) is 14.3 Å². The smallest absolute Gasteiger partial charge is 0.311 e. The van der Waals surface area contributed by atoms with E-state index in [0.29, 0.717) is 17.1 Å². The number of hydrogen-bond donors (Lipinski definition) is 0. The van der Waals surface area contributed by atoms with E-state index in [1.165, 1.54) is 11.8 Å². The normalized spacial score (nSPS) is 20.0. The van der Waals surface area contributed by atoms with Gasteiger partial charge < -0.3 is 9.47 Å². The monoisotopic (exact) mass is 463 g/mol. The van der Waals surface area contributed by atoms with Gasteiger partial charge >= 0.3 is 5.97 Å². The largest absolute Gasteiger partial charge is 0.457 e. The van der Waals surface area contributed by atoms with Gasteiger partial charge in [0.1, 0.15) is 17.6 Å². The lowest BCUT2D eigenvalue weighted by Gasteiger charge is -2.14. The number of nitriles is 1. The Balaban J connectivity index is 1.66. The molecule has 6 heteroatoms. The third kappa shape index (κ3) is 6.49. The number of ether oxygens (including phenoxy) is 2. The second-order valence-corrected chi connectivity index (χ2v) is 11.5. The van der Waals surface area contributed by atoms with Crippen LogP contribution < -0.4 is 4.74 Å². The molecule has 0 heterocycles. The maximum absolute atomic E-state index is 12.9. The molecule has 0 saturated heterocycles. The second-order valence-electron chi connectivity index (χ2n) is 9.65. The van der Waals surface area contributed by atoms with Crippen LogP contribution in [0.1, 0.15) is 46.3 Å². The Labute approximate surface area is 199 Å². The molecule has 1 saturated carbocycles. The molecular formula is C27H29NO4S. The molecular weight excluding hydrogens is 434 g/mol. The van der Waals surface area contributed by atoms with Crippen molar-refractivity contribution in [2.45, 2.75) is 45.5 Å². The minimum absolute atomic E-state index is 0.0394. The van der Waals surface area contributed by atoms with E-state index in [9.17, 15) is 14.9 Å². The molecule has 3 atom stereocenters. The standard InChI is InChI=1S/C27H29NO4S/c1-26(2,3)33-23(29)15-14-21-24(27(21,4)5)25(30)32-22(17-28)18-10-9-13-20(16-18)31-19-11-7-6-8-12-19/h6-16,21-22,24H,1-5H3/t21-,22+,24-/m0/s1. The third-order valence-electron chi connectivity index (χ3n) is 5.50. The Morgan fingerprint density at radius 3 is 2.39 bits per heavy atom. The molecule has 5 nitrogen and oxygen atoms in total. The van der Waals surface area contributed by atoms with E-state index in [1.54, 1.807) is 36.4 Å². The van der Waals surface area contributed by atoms with E-state index >= 15 is 0 Å². The molecule has 0 bridgehead atoms. The van der Waals surface area contributed by atoms with Crippen LogP contribution in [-0.4, -0.2) is 15.8 Å². The lowest BCUT2D eigenvalue weighted by molar-refractivity contribution is -0.149. The lowest BCUT2D eigenvalue weighted by atomic mass is 10.1. The SMILES string of the molecule is CC(C)(C)SC(=O)C=C[C@H]1[C@@H](C(=O)O[C@H](C#N)c2cccc(Oc3ccccc3)c2)C1(C)C. The molecule has 1 aliphatic carbocycles. The zero-order valence-corrected chi connectivity index (χ0v) is 20.4. The molecule has 2 aromatic rings. The molecule has 0 spiro atoms. The van der Waals surface area contributed by atoms with Crippen LogP contribution in [0.2, 0.25) is 0 Å². The summed E-state index contributed by atoms with van der Waals surface area (Å²) >= 11 is 1.25. The van der Waals surface area contributed by atoms with Gasteiger partial charge in [0.25, 0.3) is 0 Å². The molecule has 2 aromatic carbocycles. The summed E-state index contributed by atoms with van der Waals surface area (Å²) in [6.45, 7) is 9.86. The van der Waals surface area contributed by atoms with E-state index in [0.717, 1.165) is 0 Å².